The van der Waals surface area contributed by atoms with Gasteiger partial charge in [-0.05, 0) is 70.3 Å². The molecule has 7 aromatic rings. The van der Waals surface area contributed by atoms with E-state index in [2.05, 4.69) is 83.8 Å². The fraction of sp³-hybridized carbons (Fsp3) is 0.0263. The van der Waals surface area contributed by atoms with Crippen LogP contribution in [0.3, 0.4) is 0 Å². The summed E-state index contributed by atoms with van der Waals surface area (Å²) in [5.41, 5.74) is 11.0. The SMILES string of the molecule is Oc1ccccc1-c1cccc(C2(c3cccc(-c4cnc5ccccc5n4)c3)c3ccccc3-c3ccccc32)n1. The Hall–Kier alpha value is -5.61. The summed E-state index contributed by atoms with van der Waals surface area (Å²) in [6.45, 7) is 0. The summed E-state index contributed by atoms with van der Waals surface area (Å²) in [7, 11) is 0. The highest BCUT2D eigenvalue weighted by Gasteiger charge is 2.47. The smallest absolute Gasteiger partial charge is 0.124 e. The zero-order valence-electron chi connectivity index (χ0n) is 22.6. The Morgan fingerprint density at radius 1 is 0.500 bits per heavy atom. The molecule has 0 aliphatic heterocycles. The van der Waals surface area contributed by atoms with Crippen molar-refractivity contribution >= 4 is 11.0 Å². The van der Waals surface area contributed by atoms with Crippen LogP contribution < -0.4 is 0 Å². The van der Waals surface area contributed by atoms with Gasteiger partial charge in [-0.15, -0.1) is 0 Å². The molecular formula is C38H25N3O. The van der Waals surface area contributed by atoms with Gasteiger partial charge in [-0.1, -0.05) is 97.1 Å². The lowest BCUT2D eigenvalue weighted by Gasteiger charge is -2.33. The third-order valence-electron chi connectivity index (χ3n) is 8.31. The second-order valence-electron chi connectivity index (χ2n) is 10.6. The average Bonchev–Trinajstić information content (AvgIpc) is 3.36. The Labute approximate surface area is 243 Å². The van der Waals surface area contributed by atoms with Crippen molar-refractivity contribution < 1.29 is 5.11 Å². The van der Waals surface area contributed by atoms with Crippen molar-refractivity contribution in [3.05, 3.63) is 168 Å². The topological polar surface area (TPSA) is 58.9 Å². The molecule has 4 heteroatoms. The minimum absolute atomic E-state index is 0.209. The molecule has 1 N–H and O–H groups in total. The minimum Gasteiger partial charge on any atom is -0.507 e. The lowest BCUT2D eigenvalue weighted by Crippen LogP contribution is -2.30. The number of benzene rings is 5. The molecule has 198 valence electrons. The summed E-state index contributed by atoms with van der Waals surface area (Å²) in [6, 6.07) is 47.2. The Balaban J connectivity index is 1.42. The Morgan fingerprint density at radius 2 is 1.14 bits per heavy atom. The van der Waals surface area contributed by atoms with E-state index in [0.717, 1.165) is 39.2 Å². The number of pyridine rings is 1. The fourth-order valence-electron chi connectivity index (χ4n) is 6.46. The molecule has 4 nitrogen and oxygen atoms in total. The molecule has 1 aliphatic rings. The van der Waals surface area contributed by atoms with Crippen molar-refractivity contribution in [1.82, 2.24) is 15.0 Å². The third-order valence-corrected chi connectivity index (χ3v) is 8.31. The van der Waals surface area contributed by atoms with Crippen molar-refractivity contribution in [3.8, 4) is 39.4 Å². The van der Waals surface area contributed by atoms with Gasteiger partial charge in [0.1, 0.15) is 5.75 Å². The number of aromatic nitrogens is 3. The normalized spacial score (nSPS) is 13.0. The molecule has 0 radical (unpaired) electrons. The Kier molecular flexibility index (Phi) is 5.47. The van der Waals surface area contributed by atoms with E-state index in [1.165, 1.54) is 22.3 Å². The number of rotatable bonds is 4. The number of hydrogen-bond acceptors (Lipinski definition) is 4. The van der Waals surface area contributed by atoms with Crippen LogP contribution in [0.4, 0.5) is 0 Å². The van der Waals surface area contributed by atoms with Crippen LogP contribution in [0.25, 0.3) is 44.7 Å². The van der Waals surface area contributed by atoms with Crippen LogP contribution >= 0.6 is 0 Å². The number of para-hydroxylation sites is 3. The first-order valence-corrected chi connectivity index (χ1v) is 14.0. The van der Waals surface area contributed by atoms with E-state index in [4.69, 9.17) is 9.97 Å². The monoisotopic (exact) mass is 539 g/mol. The molecule has 0 saturated heterocycles. The maximum Gasteiger partial charge on any atom is 0.124 e. The summed E-state index contributed by atoms with van der Waals surface area (Å²) in [5, 5.41) is 10.7. The molecule has 42 heavy (non-hydrogen) atoms. The molecule has 0 spiro atoms. The predicted molar refractivity (Wildman–Crippen MR) is 167 cm³/mol. The van der Waals surface area contributed by atoms with Gasteiger partial charge in [-0.3, -0.25) is 9.97 Å². The van der Waals surface area contributed by atoms with Gasteiger partial charge in [0.2, 0.25) is 0 Å². The molecule has 0 bridgehead atoms. The summed E-state index contributed by atoms with van der Waals surface area (Å²) >= 11 is 0. The van der Waals surface area contributed by atoms with Crippen LogP contribution in [0.15, 0.2) is 146 Å². The highest BCUT2D eigenvalue weighted by Crippen LogP contribution is 2.56. The van der Waals surface area contributed by atoms with Crippen LogP contribution in [0.1, 0.15) is 22.4 Å². The van der Waals surface area contributed by atoms with E-state index < -0.39 is 5.41 Å². The molecule has 2 aromatic heterocycles. The molecule has 0 unspecified atom stereocenters. The average molecular weight is 540 g/mol. The predicted octanol–water partition coefficient (Wildman–Crippen LogP) is 8.43. The van der Waals surface area contributed by atoms with Gasteiger partial charge in [0.15, 0.2) is 0 Å². The lowest BCUT2D eigenvalue weighted by atomic mass is 9.69. The van der Waals surface area contributed by atoms with Gasteiger partial charge in [0, 0.05) is 11.1 Å². The van der Waals surface area contributed by atoms with E-state index in [-0.39, 0.29) is 5.75 Å². The van der Waals surface area contributed by atoms with Crippen LogP contribution in [-0.2, 0) is 5.41 Å². The molecular weight excluding hydrogens is 514 g/mol. The number of phenolic OH excluding ortho intramolecular Hbond substituents is 1. The maximum absolute atomic E-state index is 10.7. The van der Waals surface area contributed by atoms with E-state index in [1.807, 2.05) is 60.8 Å². The van der Waals surface area contributed by atoms with Crippen LogP contribution in [-0.4, -0.2) is 20.1 Å². The lowest BCUT2D eigenvalue weighted by molar-refractivity contribution is 0.477. The number of phenols is 1. The van der Waals surface area contributed by atoms with Crippen molar-refractivity contribution in [2.75, 3.05) is 0 Å². The van der Waals surface area contributed by atoms with Crippen LogP contribution in [0.2, 0.25) is 0 Å². The quantitative estimate of drug-likeness (QED) is 0.244. The molecule has 8 rings (SSSR count). The van der Waals surface area contributed by atoms with Crippen LogP contribution in [0.5, 0.6) is 5.75 Å². The van der Waals surface area contributed by atoms with E-state index in [1.54, 1.807) is 6.07 Å². The van der Waals surface area contributed by atoms with Gasteiger partial charge in [0.05, 0.1) is 39.7 Å². The van der Waals surface area contributed by atoms with Crippen molar-refractivity contribution in [3.63, 3.8) is 0 Å². The minimum atomic E-state index is -0.687. The standard InChI is InChI=1S/C38H25N3O/c42-36-21-8-3-15-29(36)32-20-10-22-37(41-32)38(30-16-4-1-13-27(30)28-14-2-5-17-31(28)38)26-12-9-11-25(23-26)35-24-39-33-18-6-7-19-34(33)40-35/h1-24,42H. The maximum atomic E-state index is 10.7. The van der Waals surface area contributed by atoms with E-state index in [0.29, 0.717) is 5.56 Å². The zero-order valence-corrected chi connectivity index (χ0v) is 22.6. The fourth-order valence-corrected chi connectivity index (χ4v) is 6.46. The first-order chi connectivity index (χ1) is 20.7. The van der Waals surface area contributed by atoms with Gasteiger partial charge in [-0.25, -0.2) is 4.98 Å². The molecule has 0 saturated carbocycles. The summed E-state index contributed by atoms with van der Waals surface area (Å²) < 4.78 is 0. The summed E-state index contributed by atoms with van der Waals surface area (Å²) in [4.78, 5) is 14.9. The van der Waals surface area contributed by atoms with Gasteiger partial charge in [-0.2, -0.15) is 0 Å². The first kappa shape index (κ1) is 24.2. The highest BCUT2D eigenvalue weighted by molar-refractivity contribution is 5.86. The Morgan fingerprint density at radius 3 is 1.90 bits per heavy atom. The molecule has 0 amide bonds. The number of hydrogen-bond donors (Lipinski definition) is 1. The largest absolute Gasteiger partial charge is 0.507 e. The molecule has 5 aromatic carbocycles. The summed E-state index contributed by atoms with van der Waals surface area (Å²) in [6.07, 6.45) is 1.85. The Bertz CT molecular complexity index is 2090. The third kappa shape index (κ3) is 3.59. The second kappa shape index (κ2) is 9.50. The van der Waals surface area contributed by atoms with E-state index in [9.17, 15) is 5.11 Å². The summed E-state index contributed by atoms with van der Waals surface area (Å²) in [5.74, 6) is 0.209. The van der Waals surface area contributed by atoms with Gasteiger partial charge in [0.25, 0.3) is 0 Å². The van der Waals surface area contributed by atoms with E-state index >= 15 is 0 Å². The first-order valence-electron chi connectivity index (χ1n) is 14.0. The number of aromatic hydroxyl groups is 1. The molecule has 0 fully saturated rings. The van der Waals surface area contributed by atoms with Gasteiger partial charge >= 0.3 is 0 Å². The second-order valence-corrected chi connectivity index (χ2v) is 10.6. The van der Waals surface area contributed by atoms with Crippen molar-refractivity contribution in [1.29, 1.82) is 0 Å². The zero-order chi connectivity index (χ0) is 28.1. The highest BCUT2D eigenvalue weighted by atomic mass is 16.3. The van der Waals surface area contributed by atoms with Crippen molar-refractivity contribution in [2.24, 2.45) is 0 Å². The number of fused-ring (bicyclic) bond motifs is 4. The molecule has 2 heterocycles. The van der Waals surface area contributed by atoms with Gasteiger partial charge < -0.3 is 5.11 Å². The van der Waals surface area contributed by atoms with Crippen molar-refractivity contribution in [2.45, 2.75) is 5.41 Å². The van der Waals surface area contributed by atoms with Crippen LogP contribution in [0, 0.1) is 0 Å². The molecule has 1 aliphatic carbocycles. The number of nitrogens with zero attached hydrogens (tertiary/aromatic N) is 3. The molecule has 0 atom stereocenters.